The fraction of sp³-hybridized carbons (Fsp3) is 0.500. The van der Waals surface area contributed by atoms with Crippen molar-refractivity contribution in [2.45, 2.75) is 39.3 Å². The Morgan fingerprint density at radius 3 is 2.63 bits per heavy atom. The van der Waals surface area contributed by atoms with Crippen molar-refractivity contribution < 1.29 is 9.13 Å². The molecule has 0 amide bonds. The zero-order chi connectivity index (χ0) is 14.5. The summed E-state index contributed by atoms with van der Waals surface area (Å²) in [4.78, 5) is 4.17. The standard InChI is InChI=1S/C14H22FN3O/c1-10(9-17-13(16)18-14(2,3)4)19-12-8-6-5-7-11(12)15/h5-8,10H,9H2,1-4H3,(H3,16,17,18). The third-order valence-electron chi connectivity index (χ3n) is 2.19. The van der Waals surface area contributed by atoms with E-state index in [1.165, 1.54) is 6.07 Å². The van der Waals surface area contributed by atoms with Gasteiger partial charge in [0.15, 0.2) is 17.5 Å². The molecule has 0 aliphatic heterocycles. The first-order chi connectivity index (χ1) is 8.78. The maximum absolute atomic E-state index is 13.4. The highest BCUT2D eigenvalue weighted by Gasteiger charge is 2.11. The van der Waals surface area contributed by atoms with Crippen molar-refractivity contribution in [2.24, 2.45) is 10.7 Å². The minimum absolute atomic E-state index is 0.136. The molecule has 1 unspecified atom stereocenters. The normalized spacial score (nSPS) is 14.1. The van der Waals surface area contributed by atoms with E-state index in [9.17, 15) is 4.39 Å². The predicted octanol–water partition coefficient (Wildman–Crippen LogP) is 2.30. The number of ether oxygens (including phenoxy) is 1. The van der Waals surface area contributed by atoms with Crippen LogP contribution in [0.15, 0.2) is 29.3 Å². The molecule has 1 aromatic rings. The van der Waals surface area contributed by atoms with Gasteiger partial charge in [-0.05, 0) is 39.8 Å². The molecule has 0 bridgehead atoms. The second-order valence-corrected chi connectivity index (χ2v) is 5.46. The molecule has 0 saturated heterocycles. The highest BCUT2D eigenvalue weighted by molar-refractivity contribution is 5.78. The summed E-state index contributed by atoms with van der Waals surface area (Å²) in [5, 5.41) is 3.05. The van der Waals surface area contributed by atoms with Crippen LogP contribution in [-0.2, 0) is 0 Å². The molecule has 3 N–H and O–H groups in total. The molecule has 1 atom stereocenters. The van der Waals surface area contributed by atoms with E-state index in [0.717, 1.165) is 0 Å². The summed E-state index contributed by atoms with van der Waals surface area (Å²) in [5.41, 5.74) is 5.60. The molecule has 1 rings (SSSR count). The summed E-state index contributed by atoms with van der Waals surface area (Å²) in [6, 6.07) is 6.30. The van der Waals surface area contributed by atoms with Gasteiger partial charge >= 0.3 is 0 Å². The zero-order valence-corrected chi connectivity index (χ0v) is 11.9. The summed E-state index contributed by atoms with van der Waals surface area (Å²) >= 11 is 0. The molecule has 1 aromatic carbocycles. The average Bonchev–Trinajstić information content (AvgIpc) is 2.27. The number of nitrogens with two attached hydrogens (primary N) is 1. The first-order valence-electron chi connectivity index (χ1n) is 6.27. The zero-order valence-electron chi connectivity index (χ0n) is 11.9. The van der Waals surface area contributed by atoms with Crippen molar-refractivity contribution in [1.29, 1.82) is 0 Å². The lowest BCUT2D eigenvalue weighted by atomic mass is 10.1. The number of guanidine groups is 1. The van der Waals surface area contributed by atoms with Crippen LogP contribution < -0.4 is 15.8 Å². The van der Waals surface area contributed by atoms with Crippen LogP contribution in [0, 0.1) is 5.82 Å². The molecule has 0 aliphatic rings. The van der Waals surface area contributed by atoms with Crippen LogP contribution >= 0.6 is 0 Å². The van der Waals surface area contributed by atoms with Crippen molar-refractivity contribution in [2.75, 3.05) is 6.54 Å². The van der Waals surface area contributed by atoms with Crippen molar-refractivity contribution in [1.82, 2.24) is 5.32 Å². The SMILES string of the molecule is CC(CN=C(N)NC(C)(C)C)Oc1ccccc1F. The van der Waals surface area contributed by atoms with Crippen LogP contribution in [0.1, 0.15) is 27.7 Å². The van der Waals surface area contributed by atoms with Crippen LogP contribution in [0.25, 0.3) is 0 Å². The quantitative estimate of drug-likeness (QED) is 0.650. The summed E-state index contributed by atoms with van der Waals surface area (Å²) in [6.07, 6.45) is -0.253. The average molecular weight is 267 g/mol. The molecule has 0 heterocycles. The van der Waals surface area contributed by atoms with Crippen LogP contribution in [-0.4, -0.2) is 24.1 Å². The predicted molar refractivity (Wildman–Crippen MR) is 75.9 cm³/mol. The number of benzene rings is 1. The maximum Gasteiger partial charge on any atom is 0.189 e. The molecule has 0 radical (unpaired) electrons. The first-order valence-corrected chi connectivity index (χ1v) is 6.27. The van der Waals surface area contributed by atoms with Gasteiger partial charge in [-0.2, -0.15) is 0 Å². The molecule has 0 spiro atoms. The first kappa shape index (κ1) is 15.3. The van der Waals surface area contributed by atoms with E-state index in [2.05, 4.69) is 10.3 Å². The van der Waals surface area contributed by atoms with Crippen LogP contribution in [0.4, 0.5) is 4.39 Å². The molecular weight excluding hydrogens is 245 g/mol. The van der Waals surface area contributed by atoms with Gasteiger partial charge in [-0.25, -0.2) is 9.38 Å². The van der Waals surface area contributed by atoms with E-state index in [1.807, 2.05) is 27.7 Å². The number of hydrogen-bond donors (Lipinski definition) is 2. The fourth-order valence-electron chi connectivity index (χ4n) is 1.44. The maximum atomic E-state index is 13.4. The van der Waals surface area contributed by atoms with E-state index >= 15 is 0 Å². The summed E-state index contributed by atoms with van der Waals surface area (Å²) in [7, 11) is 0. The Kier molecular flexibility index (Phi) is 5.15. The number of rotatable bonds is 4. The molecule has 0 aliphatic carbocycles. The molecule has 0 aromatic heterocycles. The molecule has 0 saturated carbocycles. The second-order valence-electron chi connectivity index (χ2n) is 5.46. The number of nitrogens with zero attached hydrogens (tertiary/aromatic N) is 1. The summed E-state index contributed by atoms with van der Waals surface area (Å²) in [6.45, 7) is 8.17. The van der Waals surface area contributed by atoms with Gasteiger partial charge < -0.3 is 15.8 Å². The highest BCUT2D eigenvalue weighted by Crippen LogP contribution is 2.16. The third-order valence-corrected chi connectivity index (χ3v) is 2.19. The number of hydrogen-bond acceptors (Lipinski definition) is 2. The van der Waals surface area contributed by atoms with Gasteiger partial charge in [-0.15, -0.1) is 0 Å². The summed E-state index contributed by atoms with van der Waals surface area (Å²) < 4.78 is 18.8. The largest absolute Gasteiger partial charge is 0.486 e. The second kappa shape index (κ2) is 6.41. The monoisotopic (exact) mass is 267 g/mol. The number of aliphatic imine (C=N–C) groups is 1. The van der Waals surface area contributed by atoms with Gasteiger partial charge in [0.2, 0.25) is 0 Å². The lowest BCUT2D eigenvalue weighted by molar-refractivity contribution is 0.220. The summed E-state index contributed by atoms with van der Waals surface area (Å²) in [5.74, 6) is 0.211. The van der Waals surface area contributed by atoms with Crippen LogP contribution in [0.5, 0.6) is 5.75 Å². The Balaban J connectivity index is 2.50. The molecule has 106 valence electrons. The molecule has 0 fully saturated rings. The van der Waals surface area contributed by atoms with Crippen molar-refractivity contribution in [3.63, 3.8) is 0 Å². The van der Waals surface area contributed by atoms with E-state index in [4.69, 9.17) is 10.5 Å². The Bertz CT molecular complexity index is 441. The Morgan fingerprint density at radius 2 is 2.05 bits per heavy atom. The van der Waals surface area contributed by atoms with Crippen molar-refractivity contribution >= 4 is 5.96 Å². The molecule has 19 heavy (non-hydrogen) atoms. The minimum atomic E-state index is -0.376. The van der Waals surface area contributed by atoms with Crippen molar-refractivity contribution in [3.05, 3.63) is 30.1 Å². The molecular formula is C14H22FN3O. The van der Waals surface area contributed by atoms with Gasteiger partial charge in [0, 0.05) is 5.54 Å². The third kappa shape index (κ3) is 6.08. The Hall–Kier alpha value is -1.78. The van der Waals surface area contributed by atoms with Gasteiger partial charge in [0.1, 0.15) is 6.10 Å². The highest BCUT2D eigenvalue weighted by atomic mass is 19.1. The van der Waals surface area contributed by atoms with Gasteiger partial charge in [0.25, 0.3) is 0 Å². The molecule has 4 nitrogen and oxygen atoms in total. The minimum Gasteiger partial charge on any atom is -0.486 e. The lowest BCUT2D eigenvalue weighted by Gasteiger charge is -2.21. The van der Waals surface area contributed by atoms with Crippen LogP contribution in [0.2, 0.25) is 0 Å². The van der Waals surface area contributed by atoms with Gasteiger partial charge in [-0.3, -0.25) is 0 Å². The van der Waals surface area contributed by atoms with Gasteiger partial charge in [0.05, 0.1) is 6.54 Å². The Labute approximate surface area is 113 Å². The topological polar surface area (TPSA) is 59.6 Å². The number of halogens is 1. The van der Waals surface area contributed by atoms with E-state index in [0.29, 0.717) is 12.5 Å². The van der Waals surface area contributed by atoms with E-state index < -0.39 is 0 Å². The van der Waals surface area contributed by atoms with E-state index in [1.54, 1.807) is 18.2 Å². The molecule has 5 heteroatoms. The Morgan fingerprint density at radius 1 is 1.42 bits per heavy atom. The van der Waals surface area contributed by atoms with Gasteiger partial charge in [-0.1, -0.05) is 12.1 Å². The number of nitrogens with one attached hydrogen (secondary N) is 1. The lowest BCUT2D eigenvalue weighted by Crippen LogP contribution is -2.45. The fourth-order valence-corrected chi connectivity index (χ4v) is 1.44. The van der Waals surface area contributed by atoms with Crippen LogP contribution in [0.3, 0.4) is 0 Å². The van der Waals surface area contributed by atoms with Crippen molar-refractivity contribution in [3.8, 4) is 5.75 Å². The van der Waals surface area contributed by atoms with E-state index in [-0.39, 0.29) is 23.2 Å². The number of para-hydroxylation sites is 1. The smallest absolute Gasteiger partial charge is 0.189 e.